The third kappa shape index (κ3) is 4.67. The van der Waals surface area contributed by atoms with Crippen molar-refractivity contribution in [3.63, 3.8) is 0 Å². The molecule has 108 valence electrons. The molecule has 1 aromatic heterocycles. The Morgan fingerprint density at radius 2 is 2.16 bits per heavy atom. The highest BCUT2D eigenvalue weighted by Gasteiger charge is 2.19. The van der Waals surface area contributed by atoms with Crippen molar-refractivity contribution in [1.29, 1.82) is 0 Å². The number of hydrogen-bond donors (Lipinski definition) is 1. The monoisotopic (exact) mass is 268 g/mol. The van der Waals surface area contributed by atoms with Gasteiger partial charge in [-0.3, -0.25) is 9.69 Å². The van der Waals surface area contributed by atoms with E-state index in [1.54, 1.807) is 6.92 Å². The summed E-state index contributed by atoms with van der Waals surface area (Å²) in [6.07, 6.45) is 2.16. The Bertz CT molecular complexity index is 395. The van der Waals surface area contributed by atoms with Gasteiger partial charge in [0.1, 0.15) is 5.76 Å². The summed E-state index contributed by atoms with van der Waals surface area (Å²) in [6, 6.07) is 0. The Morgan fingerprint density at radius 3 is 2.63 bits per heavy atom. The van der Waals surface area contributed by atoms with E-state index in [0.29, 0.717) is 13.1 Å². The zero-order chi connectivity index (χ0) is 14.4. The number of carboxylic acid groups (broad SMARTS) is 1. The first-order valence-electron chi connectivity index (χ1n) is 6.82. The van der Waals surface area contributed by atoms with Gasteiger partial charge >= 0.3 is 5.97 Å². The summed E-state index contributed by atoms with van der Waals surface area (Å²) in [7, 11) is 0. The lowest BCUT2D eigenvalue weighted by molar-refractivity contribution is -0.141. The van der Waals surface area contributed by atoms with Gasteiger partial charge in [-0.15, -0.1) is 0 Å². The molecule has 0 saturated heterocycles. The lowest BCUT2D eigenvalue weighted by atomic mass is 10.1. The smallest absolute Gasteiger partial charge is 0.307 e. The highest BCUT2D eigenvalue weighted by Crippen LogP contribution is 2.16. The summed E-state index contributed by atoms with van der Waals surface area (Å²) in [4.78, 5) is 13.2. The van der Waals surface area contributed by atoms with E-state index in [4.69, 9.17) is 9.63 Å². The van der Waals surface area contributed by atoms with Gasteiger partial charge < -0.3 is 9.63 Å². The predicted octanol–water partition coefficient (Wildman–Crippen LogP) is 2.61. The van der Waals surface area contributed by atoms with Crippen LogP contribution in [-0.4, -0.2) is 34.2 Å². The van der Waals surface area contributed by atoms with Crippen LogP contribution in [0, 0.1) is 19.8 Å². The molecule has 0 amide bonds. The number of hydrogen-bond acceptors (Lipinski definition) is 4. The maximum Gasteiger partial charge on any atom is 0.307 e. The van der Waals surface area contributed by atoms with Crippen molar-refractivity contribution in [3.8, 4) is 0 Å². The molecular weight excluding hydrogens is 244 g/mol. The van der Waals surface area contributed by atoms with Gasteiger partial charge in [-0.25, -0.2) is 0 Å². The number of carbonyl (C=O) groups is 1. The fraction of sp³-hybridized carbons (Fsp3) is 0.714. The van der Waals surface area contributed by atoms with Gasteiger partial charge in [0, 0.05) is 18.7 Å². The summed E-state index contributed by atoms with van der Waals surface area (Å²) in [5.74, 6) is -0.292. The van der Waals surface area contributed by atoms with E-state index in [-0.39, 0.29) is 5.92 Å². The molecule has 5 nitrogen and oxygen atoms in total. The molecule has 0 saturated carbocycles. The van der Waals surface area contributed by atoms with Gasteiger partial charge in [-0.1, -0.05) is 25.4 Å². The van der Waals surface area contributed by atoms with E-state index in [2.05, 4.69) is 17.0 Å². The van der Waals surface area contributed by atoms with Crippen LogP contribution in [0.5, 0.6) is 0 Å². The molecule has 0 spiro atoms. The first-order chi connectivity index (χ1) is 8.95. The quantitative estimate of drug-likeness (QED) is 0.785. The molecule has 19 heavy (non-hydrogen) atoms. The lowest BCUT2D eigenvalue weighted by Crippen LogP contribution is -2.32. The minimum Gasteiger partial charge on any atom is -0.481 e. The molecule has 0 aliphatic rings. The van der Waals surface area contributed by atoms with Crippen LogP contribution in [-0.2, 0) is 11.3 Å². The predicted molar refractivity (Wildman–Crippen MR) is 73.0 cm³/mol. The average Bonchev–Trinajstić information content (AvgIpc) is 2.67. The zero-order valence-corrected chi connectivity index (χ0v) is 12.3. The molecule has 1 N–H and O–H groups in total. The molecule has 0 aromatic carbocycles. The van der Waals surface area contributed by atoms with Crippen molar-refractivity contribution in [2.24, 2.45) is 5.92 Å². The molecule has 0 radical (unpaired) electrons. The first-order valence-corrected chi connectivity index (χ1v) is 6.82. The third-order valence-electron chi connectivity index (χ3n) is 3.34. The number of nitrogens with zero attached hydrogens (tertiary/aromatic N) is 2. The lowest BCUT2D eigenvalue weighted by Gasteiger charge is -2.23. The molecule has 1 heterocycles. The standard InChI is InChI=1S/C14H24N2O3/c1-5-6-7-16(8-10(2)14(17)18)9-13-11(3)15-19-12(13)4/h10H,5-9H2,1-4H3,(H,17,18). The second-order valence-corrected chi connectivity index (χ2v) is 5.13. The van der Waals surface area contributed by atoms with Gasteiger partial charge in [-0.05, 0) is 26.8 Å². The van der Waals surface area contributed by atoms with E-state index in [1.165, 1.54) is 0 Å². The molecular formula is C14H24N2O3. The number of aliphatic carboxylic acids is 1. The summed E-state index contributed by atoms with van der Waals surface area (Å²) >= 11 is 0. The fourth-order valence-electron chi connectivity index (χ4n) is 2.03. The van der Waals surface area contributed by atoms with Crippen LogP contribution in [0.2, 0.25) is 0 Å². The Labute approximate surface area is 114 Å². The van der Waals surface area contributed by atoms with Crippen LogP contribution in [0.15, 0.2) is 4.52 Å². The molecule has 1 atom stereocenters. The van der Waals surface area contributed by atoms with E-state index >= 15 is 0 Å². The average molecular weight is 268 g/mol. The normalized spacial score (nSPS) is 12.9. The molecule has 0 aliphatic carbocycles. The Morgan fingerprint density at radius 1 is 1.47 bits per heavy atom. The molecule has 1 unspecified atom stereocenters. The molecule has 5 heteroatoms. The molecule has 0 bridgehead atoms. The minimum absolute atomic E-state index is 0.364. The number of carboxylic acids is 1. The zero-order valence-electron chi connectivity index (χ0n) is 12.3. The SMILES string of the molecule is CCCCN(Cc1c(C)noc1C)CC(C)C(=O)O. The Kier molecular flexibility index (Phi) is 6.02. The molecule has 0 aliphatic heterocycles. The highest BCUT2D eigenvalue weighted by atomic mass is 16.5. The topological polar surface area (TPSA) is 66.6 Å². The first kappa shape index (κ1) is 15.7. The summed E-state index contributed by atoms with van der Waals surface area (Å²) in [5.41, 5.74) is 1.97. The van der Waals surface area contributed by atoms with Gasteiger partial charge in [0.05, 0.1) is 11.6 Å². The van der Waals surface area contributed by atoms with E-state index in [9.17, 15) is 4.79 Å². The van der Waals surface area contributed by atoms with Crippen molar-refractivity contribution in [2.45, 2.75) is 47.1 Å². The van der Waals surface area contributed by atoms with Gasteiger partial charge in [0.2, 0.25) is 0 Å². The van der Waals surface area contributed by atoms with Crippen molar-refractivity contribution >= 4 is 5.97 Å². The van der Waals surface area contributed by atoms with Crippen molar-refractivity contribution in [3.05, 3.63) is 17.0 Å². The van der Waals surface area contributed by atoms with Crippen molar-refractivity contribution in [2.75, 3.05) is 13.1 Å². The molecule has 1 aromatic rings. The maximum atomic E-state index is 11.0. The number of aryl methyl sites for hydroxylation is 2. The maximum absolute atomic E-state index is 11.0. The number of unbranched alkanes of at least 4 members (excludes halogenated alkanes) is 1. The van der Waals surface area contributed by atoms with E-state index in [0.717, 1.165) is 36.4 Å². The van der Waals surface area contributed by atoms with Crippen LogP contribution in [0.1, 0.15) is 43.7 Å². The van der Waals surface area contributed by atoms with Crippen LogP contribution >= 0.6 is 0 Å². The summed E-state index contributed by atoms with van der Waals surface area (Å²) in [5, 5.41) is 13.0. The fourth-order valence-corrected chi connectivity index (χ4v) is 2.03. The summed E-state index contributed by atoms with van der Waals surface area (Å²) < 4.78 is 5.16. The van der Waals surface area contributed by atoms with Crippen LogP contribution in [0.4, 0.5) is 0 Å². The largest absolute Gasteiger partial charge is 0.481 e. The van der Waals surface area contributed by atoms with Crippen molar-refractivity contribution in [1.82, 2.24) is 10.1 Å². The van der Waals surface area contributed by atoms with E-state index < -0.39 is 5.97 Å². The van der Waals surface area contributed by atoms with Crippen LogP contribution in [0.25, 0.3) is 0 Å². The number of rotatable bonds is 8. The minimum atomic E-state index is -0.750. The second kappa shape index (κ2) is 7.28. The Hall–Kier alpha value is -1.36. The Balaban J connectivity index is 2.71. The van der Waals surface area contributed by atoms with Gasteiger partial charge in [0.15, 0.2) is 0 Å². The van der Waals surface area contributed by atoms with Crippen LogP contribution in [0.3, 0.4) is 0 Å². The van der Waals surface area contributed by atoms with E-state index in [1.807, 2.05) is 13.8 Å². The molecule has 0 fully saturated rings. The van der Waals surface area contributed by atoms with Crippen molar-refractivity contribution < 1.29 is 14.4 Å². The van der Waals surface area contributed by atoms with Gasteiger partial charge in [0.25, 0.3) is 0 Å². The number of aromatic nitrogens is 1. The molecule has 1 rings (SSSR count). The highest BCUT2D eigenvalue weighted by molar-refractivity contribution is 5.69. The van der Waals surface area contributed by atoms with Crippen LogP contribution < -0.4 is 0 Å². The third-order valence-corrected chi connectivity index (χ3v) is 3.34. The second-order valence-electron chi connectivity index (χ2n) is 5.13. The summed E-state index contributed by atoms with van der Waals surface area (Å²) in [6.45, 7) is 9.86. The van der Waals surface area contributed by atoms with Gasteiger partial charge in [-0.2, -0.15) is 0 Å².